The number of nitrogens with one attached hydrogen (secondary N) is 1. The van der Waals surface area contributed by atoms with Crippen molar-refractivity contribution in [2.75, 3.05) is 26.4 Å². The van der Waals surface area contributed by atoms with Crippen molar-refractivity contribution in [2.24, 2.45) is 0 Å². The number of aliphatic hydroxyl groups excluding tert-OH is 1. The van der Waals surface area contributed by atoms with Crippen LogP contribution in [-0.4, -0.2) is 53.2 Å². The molecule has 0 saturated heterocycles. The fourth-order valence-corrected chi connectivity index (χ4v) is 2.78. The predicted molar refractivity (Wildman–Crippen MR) is 108 cm³/mol. The molecule has 1 aromatic rings. The SMILES string of the molecule is CC(=O)OC(CO)COCCCCCCCCCCOCn1cc(F)c(=O)[nH]c1=O. The minimum Gasteiger partial charge on any atom is -0.458 e. The summed E-state index contributed by atoms with van der Waals surface area (Å²) in [5, 5.41) is 9.04. The second-order valence-corrected chi connectivity index (χ2v) is 7.06. The van der Waals surface area contributed by atoms with Gasteiger partial charge in [-0.3, -0.25) is 19.1 Å². The van der Waals surface area contributed by atoms with Gasteiger partial charge in [-0.2, -0.15) is 4.39 Å². The Hall–Kier alpha value is -2.04. The maximum atomic E-state index is 13.1. The van der Waals surface area contributed by atoms with E-state index in [1.807, 2.05) is 4.98 Å². The van der Waals surface area contributed by atoms with E-state index in [2.05, 4.69) is 0 Å². The van der Waals surface area contributed by atoms with E-state index in [1.54, 1.807) is 0 Å². The molecule has 1 heterocycles. The van der Waals surface area contributed by atoms with Gasteiger partial charge in [0.1, 0.15) is 12.8 Å². The predicted octanol–water partition coefficient (Wildman–Crippen LogP) is 1.71. The third-order valence-electron chi connectivity index (χ3n) is 4.37. The number of aromatic nitrogens is 2. The molecular weight excluding hydrogens is 399 g/mol. The summed E-state index contributed by atoms with van der Waals surface area (Å²) < 4.78 is 29.7. The van der Waals surface area contributed by atoms with Gasteiger partial charge in [0.05, 0.1) is 19.4 Å². The Kier molecular flexibility index (Phi) is 13.7. The molecule has 1 atom stereocenters. The highest BCUT2D eigenvalue weighted by molar-refractivity contribution is 5.66. The van der Waals surface area contributed by atoms with E-state index < -0.39 is 29.1 Å². The molecule has 0 aliphatic rings. The van der Waals surface area contributed by atoms with Gasteiger partial charge in [0.25, 0.3) is 5.56 Å². The van der Waals surface area contributed by atoms with Gasteiger partial charge in [-0.05, 0) is 12.8 Å². The van der Waals surface area contributed by atoms with Crippen LogP contribution < -0.4 is 11.2 Å². The topological polar surface area (TPSA) is 120 Å². The molecule has 30 heavy (non-hydrogen) atoms. The molecule has 0 saturated carbocycles. The van der Waals surface area contributed by atoms with Crippen molar-refractivity contribution in [1.82, 2.24) is 9.55 Å². The van der Waals surface area contributed by atoms with Gasteiger partial charge in [0.15, 0.2) is 0 Å². The molecular formula is C20H33FN2O7. The maximum absolute atomic E-state index is 13.1. The molecule has 1 aromatic heterocycles. The Morgan fingerprint density at radius 3 is 2.20 bits per heavy atom. The van der Waals surface area contributed by atoms with Gasteiger partial charge < -0.3 is 19.3 Å². The summed E-state index contributed by atoms with van der Waals surface area (Å²) in [5.74, 6) is -1.44. The molecule has 0 aromatic carbocycles. The van der Waals surface area contributed by atoms with Crippen molar-refractivity contribution < 1.29 is 28.5 Å². The first-order chi connectivity index (χ1) is 14.4. The number of unbranched alkanes of at least 4 members (excludes halogenated alkanes) is 7. The minimum atomic E-state index is -1.03. The van der Waals surface area contributed by atoms with Gasteiger partial charge in [-0.1, -0.05) is 38.5 Å². The van der Waals surface area contributed by atoms with E-state index in [0.29, 0.717) is 13.2 Å². The first kappa shape index (κ1) is 26.0. The second kappa shape index (κ2) is 15.8. The summed E-state index contributed by atoms with van der Waals surface area (Å²) in [4.78, 5) is 35.1. The summed E-state index contributed by atoms with van der Waals surface area (Å²) in [6, 6.07) is 0. The number of carbonyl (C=O) groups excluding carboxylic acids is 1. The highest BCUT2D eigenvalue weighted by atomic mass is 19.1. The highest BCUT2D eigenvalue weighted by Crippen LogP contribution is 2.09. The molecule has 0 fully saturated rings. The molecule has 2 N–H and O–H groups in total. The molecule has 0 radical (unpaired) electrons. The van der Waals surface area contributed by atoms with Gasteiger partial charge in [0.2, 0.25) is 5.82 Å². The average Bonchev–Trinajstić information content (AvgIpc) is 2.70. The maximum Gasteiger partial charge on any atom is 0.330 e. The Morgan fingerprint density at radius 2 is 1.63 bits per heavy atom. The number of esters is 1. The van der Waals surface area contributed by atoms with E-state index >= 15 is 0 Å². The molecule has 172 valence electrons. The number of carbonyl (C=O) groups is 1. The third-order valence-corrected chi connectivity index (χ3v) is 4.37. The fourth-order valence-electron chi connectivity index (χ4n) is 2.78. The van der Waals surface area contributed by atoms with Gasteiger partial charge in [-0.15, -0.1) is 0 Å². The molecule has 10 heteroatoms. The van der Waals surface area contributed by atoms with Crippen molar-refractivity contribution in [2.45, 2.75) is 71.1 Å². The zero-order valence-electron chi connectivity index (χ0n) is 17.6. The summed E-state index contributed by atoms with van der Waals surface area (Å²) in [6.45, 7) is 2.23. The Morgan fingerprint density at radius 1 is 1.07 bits per heavy atom. The average molecular weight is 432 g/mol. The van der Waals surface area contributed by atoms with E-state index in [9.17, 15) is 18.8 Å². The molecule has 0 aliphatic carbocycles. The Bertz CT molecular complexity index is 720. The smallest absolute Gasteiger partial charge is 0.330 e. The lowest BCUT2D eigenvalue weighted by Crippen LogP contribution is -2.32. The first-order valence-electron chi connectivity index (χ1n) is 10.4. The highest BCUT2D eigenvalue weighted by Gasteiger charge is 2.10. The summed E-state index contributed by atoms with van der Waals surface area (Å²) in [6.07, 6.45) is 8.58. The van der Waals surface area contributed by atoms with Crippen LogP contribution in [0, 0.1) is 5.82 Å². The lowest BCUT2D eigenvalue weighted by molar-refractivity contribution is -0.152. The largest absolute Gasteiger partial charge is 0.458 e. The van der Waals surface area contributed by atoms with Gasteiger partial charge >= 0.3 is 11.7 Å². The molecule has 0 spiro atoms. The fraction of sp³-hybridized carbons (Fsp3) is 0.750. The van der Waals surface area contributed by atoms with Crippen LogP contribution in [-0.2, 0) is 25.7 Å². The lowest BCUT2D eigenvalue weighted by Gasteiger charge is -2.14. The van der Waals surface area contributed by atoms with Crippen LogP contribution in [0.4, 0.5) is 4.39 Å². The van der Waals surface area contributed by atoms with Crippen molar-refractivity contribution in [3.8, 4) is 0 Å². The standard InChI is InChI=1S/C20H33FN2O7/c1-16(25)30-17(13-24)14-28-10-8-6-4-2-3-5-7-9-11-29-15-23-12-18(21)19(26)22-20(23)27/h12,17,24H,2-11,13-15H2,1H3,(H,22,26,27). The Labute approximate surface area is 175 Å². The minimum absolute atomic E-state index is 0.0888. The van der Waals surface area contributed by atoms with E-state index in [4.69, 9.17) is 19.3 Å². The van der Waals surface area contributed by atoms with Crippen molar-refractivity contribution in [3.05, 3.63) is 32.9 Å². The quantitative estimate of drug-likeness (QED) is 0.284. The van der Waals surface area contributed by atoms with Crippen LogP contribution in [0.15, 0.2) is 15.8 Å². The molecule has 1 rings (SSSR count). The van der Waals surface area contributed by atoms with Gasteiger partial charge in [-0.25, -0.2) is 4.79 Å². The summed E-state index contributed by atoms with van der Waals surface area (Å²) in [5.41, 5.74) is -1.72. The van der Waals surface area contributed by atoms with Crippen LogP contribution in [0.2, 0.25) is 0 Å². The van der Waals surface area contributed by atoms with Crippen molar-refractivity contribution in [1.29, 1.82) is 0 Å². The normalized spacial score (nSPS) is 12.1. The van der Waals surface area contributed by atoms with Crippen LogP contribution in [0.5, 0.6) is 0 Å². The lowest BCUT2D eigenvalue weighted by atomic mass is 10.1. The van der Waals surface area contributed by atoms with E-state index in [0.717, 1.165) is 62.1 Å². The van der Waals surface area contributed by atoms with E-state index in [1.165, 1.54) is 6.92 Å². The first-order valence-corrected chi connectivity index (χ1v) is 10.4. The molecule has 0 aliphatic heterocycles. The third kappa shape index (κ3) is 11.8. The summed E-state index contributed by atoms with van der Waals surface area (Å²) >= 11 is 0. The zero-order chi connectivity index (χ0) is 22.2. The van der Waals surface area contributed by atoms with Crippen LogP contribution in [0.25, 0.3) is 0 Å². The number of hydrogen-bond donors (Lipinski definition) is 2. The van der Waals surface area contributed by atoms with Crippen molar-refractivity contribution in [3.63, 3.8) is 0 Å². The van der Waals surface area contributed by atoms with Gasteiger partial charge in [0, 0.05) is 20.1 Å². The zero-order valence-corrected chi connectivity index (χ0v) is 17.6. The molecule has 0 amide bonds. The number of ether oxygens (including phenoxy) is 3. The molecule has 1 unspecified atom stereocenters. The number of aliphatic hydroxyl groups is 1. The van der Waals surface area contributed by atoms with Crippen LogP contribution in [0.3, 0.4) is 0 Å². The monoisotopic (exact) mass is 432 g/mol. The number of aromatic amines is 1. The number of halogens is 1. The Balaban J connectivity index is 1.90. The van der Waals surface area contributed by atoms with Crippen LogP contribution in [0.1, 0.15) is 58.3 Å². The van der Waals surface area contributed by atoms with Crippen molar-refractivity contribution >= 4 is 5.97 Å². The summed E-state index contributed by atoms with van der Waals surface area (Å²) in [7, 11) is 0. The number of rotatable bonds is 17. The molecule has 9 nitrogen and oxygen atoms in total. The van der Waals surface area contributed by atoms with E-state index in [-0.39, 0.29) is 19.9 Å². The molecule has 0 bridgehead atoms. The number of hydrogen-bond acceptors (Lipinski definition) is 7. The number of nitrogens with zero attached hydrogens (tertiary/aromatic N) is 1. The second-order valence-electron chi connectivity index (χ2n) is 7.06. The van der Waals surface area contributed by atoms with Crippen LogP contribution >= 0.6 is 0 Å². The number of H-pyrrole nitrogens is 1.